The highest BCUT2D eigenvalue weighted by Gasteiger charge is 2.18. The highest BCUT2D eigenvalue weighted by molar-refractivity contribution is 8.76. The molecule has 0 fully saturated rings. The van der Waals surface area contributed by atoms with Gasteiger partial charge in [-0.1, -0.05) is 34.9 Å². The van der Waals surface area contributed by atoms with Crippen LogP contribution in [0.15, 0.2) is 0 Å². The van der Waals surface area contributed by atoms with Crippen molar-refractivity contribution in [2.75, 3.05) is 24.7 Å². The van der Waals surface area contributed by atoms with E-state index in [1.54, 1.807) is 6.92 Å². The van der Waals surface area contributed by atoms with E-state index in [1.165, 1.54) is 21.6 Å². The molecule has 0 rings (SSSR count). The normalized spacial score (nSPS) is 11.3. The van der Waals surface area contributed by atoms with Gasteiger partial charge in [-0.15, -0.1) is 10.1 Å². The van der Waals surface area contributed by atoms with E-state index < -0.39 is 17.5 Å². The molecule has 0 aliphatic heterocycles. The van der Waals surface area contributed by atoms with Crippen LogP contribution in [0, 0.1) is 10.1 Å². The molecule has 0 spiro atoms. The van der Waals surface area contributed by atoms with Gasteiger partial charge in [0.05, 0.1) is 0 Å². The third-order valence-electron chi connectivity index (χ3n) is 1.78. The molecule has 0 radical (unpaired) electrons. The fourth-order valence-electron chi connectivity index (χ4n) is 1.01. The molecule has 0 saturated carbocycles. The zero-order chi connectivity index (χ0) is 15.9. The van der Waals surface area contributed by atoms with Crippen molar-refractivity contribution in [1.82, 2.24) is 0 Å². The van der Waals surface area contributed by atoms with Crippen LogP contribution in [0.1, 0.15) is 19.8 Å². The number of nitrogens with zero attached hydrogens (tertiary/aromatic N) is 1. The van der Waals surface area contributed by atoms with Crippen molar-refractivity contribution in [3.8, 4) is 0 Å². The van der Waals surface area contributed by atoms with Crippen molar-refractivity contribution >= 4 is 34.2 Å². The Morgan fingerprint density at radius 3 is 2.57 bits per heavy atom. The summed E-state index contributed by atoms with van der Waals surface area (Å²) in [6, 6.07) is 0. The van der Waals surface area contributed by atoms with Gasteiger partial charge in [-0.05, 0) is 0 Å². The van der Waals surface area contributed by atoms with Gasteiger partial charge in [-0.3, -0.25) is 9.63 Å². The van der Waals surface area contributed by atoms with Crippen LogP contribution >= 0.6 is 21.6 Å². The van der Waals surface area contributed by atoms with E-state index in [-0.39, 0.29) is 13.0 Å². The van der Waals surface area contributed by atoms with Crippen molar-refractivity contribution in [1.29, 1.82) is 0 Å². The predicted octanol–water partition coefficient (Wildman–Crippen LogP) is 2.03. The van der Waals surface area contributed by atoms with Crippen molar-refractivity contribution < 1.29 is 33.7 Å². The van der Waals surface area contributed by atoms with Gasteiger partial charge in [0.25, 0.3) is 17.8 Å². The lowest BCUT2D eigenvalue weighted by Gasteiger charge is -2.14. The number of rotatable bonds is 13. The zero-order valence-corrected chi connectivity index (χ0v) is 13.1. The lowest BCUT2D eigenvalue weighted by molar-refractivity contribution is -0.779. The first kappa shape index (κ1) is 19.6. The Balaban J connectivity index is 3.63. The Morgan fingerprint density at radius 2 is 2.00 bits per heavy atom. The number of ether oxygens (including phenoxy) is 3. The molecule has 11 heteroatoms. The van der Waals surface area contributed by atoms with Crippen molar-refractivity contribution in [2.24, 2.45) is 0 Å². The molecule has 9 nitrogen and oxygen atoms in total. The molecular formula is C10H17NO8S2. The molecule has 21 heavy (non-hydrogen) atoms. The molecule has 0 heterocycles. The number of carbonyl (C=O) groups excluding carboxylic acids is 2. The van der Waals surface area contributed by atoms with E-state index in [4.69, 9.17) is 4.74 Å². The SMILES string of the molecule is CCCC(OC(=O)OCCSSCCOC=O)O[N+](=O)[O-]. The maximum atomic E-state index is 11.3. The molecule has 0 aromatic carbocycles. The summed E-state index contributed by atoms with van der Waals surface area (Å²) in [7, 11) is 2.90. The van der Waals surface area contributed by atoms with Crippen LogP contribution in [0.5, 0.6) is 0 Å². The van der Waals surface area contributed by atoms with Gasteiger partial charge < -0.3 is 14.2 Å². The second-order valence-corrected chi connectivity index (χ2v) is 6.08. The van der Waals surface area contributed by atoms with Crippen LogP contribution in [0.2, 0.25) is 0 Å². The third-order valence-corrected chi connectivity index (χ3v) is 4.11. The average molecular weight is 343 g/mol. The molecule has 0 aliphatic rings. The number of carbonyl (C=O) groups is 2. The van der Waals surface area contributed by atoms with Gasteiger partial charge >= 0.3 is 6.16 Å². The quantitative estimate of drug-likeness (QED) is 0.0935. The molecule has 0 aromatic heterocycles. The van der Waals surface area contributed by atoms with Crippen LogP contribution in [0.3, 0.4) is 0 Å². The second kappa shape index (κ2) is 13.6. The van der Waals surface area contributed by atoms with Gasteiger partial charge in [-0.25, -0.2) is 4.79 Å². The molecule has 0 amide bonds. The minimum absolute atomic E-state index is 0.0996. The van der Waals surface area contributed by atoms with Gasteiger partial charge in [0.15, 0.2) is 0 Å². The van der Waals surface area contributed by atoms with Crippen LogP contribution in [0.25, 0.3) is 0 Å². The highest BCUT2D eigenvalue weighted by Crippen LogP contribution is 2.20. The minimum Gasteiger partial charge on any atom is -0.467 e. The molecular weight excluding hydrogens is 326 g/mol. The summed E-state index contributed by atoms with van der Waals surface area (Å²) in [5.41, 5.74) is 0. The van der Waals surface area contributed by atoms with E-state index in [9.17, 15) is 19.7 Å². The van der Waals surface area contributed by atoms with Crippen molar-refractivity contribution in [2.45, 2.75) is 26.1 Å². The number of hydrogen-bond acceptors (Lipinski definition) is 10. The average Bonchev–Trinajstić information content (AvgIpc) is 2.41. The van der Waals surface area contributed by atoms with E-state index >= 15 is 0 Å². The van der Waals surface area contributed by atoms with E-state index in [0.29, 0.717) is 31.0 Å². The smallest absolute Gasteiger partial charge is 0.467 e. The van der Waals surface area contributed by atoms with E-state index in [0.717, 1.165) is 0 Å². The molecule has 0 aromatic rings. The van der Waals surface area contributed by atoms with E-state index in [1.807, 2.05) is 0 Å². The largest absolute Gasteiger partial charge is 0.510 e. The molecule has 0 bridgehead atoms. The van der Waals surface area contributed by atoms with Gasteiger partial charge in [0, 0.05) is 17.9 Å². The Labute approximate surface area is 129 Å². The Bertz CT molecular complexity index is 317. The maximum Gasteiger partial charge on any atom is 0.510 e. The maximum absolute atomic E-state index is 11.3. The first-order valence-electron chi connectivity index (χ1n) is 6.04. The van der Waals surface area contributed by atoms with Gasteiger partial charge in [0.1, 0.15) is 13.2 Å². The lowest BCUT2D eigenvalue weighted by atomic mass is 10.3. The monoisotopic (exact) mass is 343 g/mol. The van der Waals surface area contributed by atoms with Gasteiger partial charge in [0.2, 0.25) is 0 Å². The Hall–Kier alpha value is -1.36. The minimum atomic E-state index is -1.25. The summed E-state index contributed by atoms with van der Waals surface area (Å²) in [5.74, 6) is 1.14. The Morgan fingerprint density at radius 1 is 1.33 bits per heavy atom. The standard InChI is InChI=1S/C10H17NO8S2/c1-2-3-9(19-11(14)15)18-10(13)17-5-7-21-20-6-4-16-8-12/h8-9H,2-7H2,1H3. The molecule has 0 aliphatic carbocycles. The van der Waals surface area contributed by atoms with Crippen LogP contribution in [-0.4, -0.2) is 48.7 Å². The van der Waals surface area contributed by atoms with Crippen LogP contribution < -0.4 is 0 Å². The summed E-state index contributed by atoms with van der Waals surface area (Å²) in [6.07, 6.45) is -1.50. The Kier molecular flexibility index (Phi) is 12.7. The topological polar surface area (TPSA) is 114 Å². The molecule has 1 atom stereocenters. The van der Waals surface area contributed by atoms with Crippen molar-refractivity contribution in [3.63, 3.8) is 0 Å². The third kappa shape index (κ3) is 13.4. The predicted molar refractivity (Wildman–Crippen MR) is 76.1 cm³/mol. The first-order chi connectivity index (χ1) is 10.1. The summed E-state index contributed by atoms with van der Waals surface area (Å²) in [4.78, 5) is 35.5. The van der Waals surface area contributed by atoms with Crippen LogP contribution in [0.4, 0.5) is 4.79 Å². The summed E-state index contributed by atoms with van der Waals surface area (Å²) in [6.45, 7) is 2.57. The lowest BCUT2D eigenvalue weighted by Crippen LogP contribution is -2.25. The first-order valence-corrected chi connectivity index (χ1v) is 8.53. The summed E-state index contributed by atoms with van der Waals surface area (Å²) < 4.78 is 13.9. The number of hydrogen-bond donors (Lipinski definition) is 0. The van der Waals surface area contributed by atoms with Crippen molar-refractivity contribution in [3.05, 3.63) is 10.1 Å². The molecule has 0 saturated heterocycles. The zero-order valence-electron chi connectivity index (χ0n) is 11.4. The second-order valence-electron chi connectivity index (χ2n) is 3.37. The summed E-state index contributed by atoms with van der Waals surface area (Å²) in [5, 5.41) is 9.17. The van der Waals surface area contributed by atoms with Gasteiger partial charge in [-0.2, -0.15) is 0 Å². The fourth-order valence-corrected chi connectivity index (χ4v) is 2.68. The molecule has 122 valence electrons. The molecule has 0 N–H and O–H groups in total. The summed E-state index contributed by atoms with van der Waals surface area (Å²) >= 11 is 0. The highest BCUT2D eigenvalue weighted by atomic mass is 33.1. The van der Waals surface area contributed by atoms with E-state index in [2.05, 4.69) is 14.3 Å². The molecule has 1 unspecified atom stereocenters. The fraction of sp³-hybridized carbons (Fsp3) is 0.800. The van der Waals surface area contributed by atoms with Crippen LogP contribution in [-0.2, 0) is 23.8 Å².